The molecule has 1 amide bonds. The Kier molecular flexibility index (Phi) is 7.80. The number of piperidine rings is 1. The van der Waals surface area contributed by atoms with Crippen LogP contribution in [0.25, 0.3) is 0 Å². The number of hydrogen-bond acceptors (Lipinski definition) is 5. The Balaban J connectivity index is 1.66. The molecule has 2 aromatic rings. The molecule has 0 radical (unpaired) electrons. The minimum absolute atomic E-state index is 0.129. The highest BCUT2D eigenvalue weighted by atomic mass is 32.2. The van der Waals surface area contributed by atoms with Crippen LogP contribution in [0.2, 0.25) is 0 Å². The van der Waals surface area contributed by atoms with Gasteiger partial charge in [-0.15, -0.1) is 11.8 Å². The van der Waals surface area contributed by atoms with Gasteiger partial charge in [0.15, 0.2) is 0 Å². The van der Waals surface area contributed by atoms with E-state index in [1.807, 2.05) is 6.92 Å². The number of sulfonamides is 1. The Bertz CT molecular complexity index is 969. The maximum atomic E-state index is 13.0. The summed E-state index contributed by atoms with van der Waals surface area (Å²) in [5, 5.41) is 2.87. The molecule has 2 aromatic carbocycles. The van der Waals surface area contributed by atoms with Crippen molar-refractivity contribution in [1.82, 2.24) is 9.62 Å². The predicted octanol–water partition coefficient (Wildman–Crippen LogP) is 3.70. The van der Waals surface area contributed by atoms with E-state index in [0.717, 1.165) is 24.2 Å². The van der Waals surface area contributed by atoms with Crippen molar-refractivity contribution in [3.63, 3.8) is 0 Å². The molecule has 0 atom stereocenters. The molecule has 0 aliphatic carbocycles. The predicted molar refractivity (Wildman–Crippen MR) is 120 cm³/mol. The van der Waals surface area contributed by atoms with Crippen LogP contribution in [-0.4, -0.2) is 51.1 Å². The molecule has 0 aromatic heterocycles. The summed E-state index contributed by atoms with van der Waals surface area (Å²) in [7, 11) is -2.14. The fourth-order valence-corrected chi connectivity index (χ4v) is 5.65. The third kappa shape index (κ3) is 5.56. The zero-order valence-corrected chi connectivity index (χ0v) is 19.0. The van der Waals surface area contributed by atoms with Crippen LogP contribution >= 0.6 is 11.8 Å². The lowest BCUT2D eigenvalue weighted by Gasteiger charge is -2.26. The van der Waals surface area contributed by atoms with E-state index in [-0.39, 0.29) is 16.4 Å². The fourth-order valence-electron chi connectivity index (χ4n) is 3.34. The second kappa shape index (κ2) is 10.3. The first-order valence-electron chi connectivity index (χ1n) is 10.1. The number of benzene rings is 2. The Morgan fingerprint density at radius 1 is 1.10 bits per heavy atom. The lowest BCUT2D eigenvalue weighted by atomic mass is 10.2. The molecule has 1 saturated heterocycles. The van der Waals surface area contributed by atoms with Crippen LogP contribution in [0.3, 0.4) is 0 Å². The molecule has 30 heavy (non-hydrogen) atoms. The second-order valence-corrected chi connectivity index (χ2v) is 10.4. The molecular weight excluding hydrogens is 420 g/mol. The first kappa shape index (κ1) is 22.7. The van der Waals surface area contributed by atoms with Gasteiger partial charge in [-0.3, -0.25) is 4.79 Å². The highest BCUT2D eigenvalue weighted by Gasteiger charge is 2.27. The van der Waals surface area contributed by atoms with Crippen LogP contribution in [-0.2, 0) is 10.0 Å². The minimum atomic E-state index is -3.61. The van der Waals surface area contributed by atoms with Gasteiger partial charge in [0.25, 0.3) is 5.91 Å². The summed E-state index contributed by atoms with van der Waals surface area (Å²) in [5.41, 5.74) is 1.44. The van der Waals surface area contributed by atoms with Gasteiger partial charge in [-0.05, 0) is 50.1 Å². The molecule has 3 rings (SSSR count). The molecule has 6 nitrogen and oxygen atoms in total. The van der Waals surface area contributed by atoms with Crippen molar-refractivity contribution in [3.05, 3.63) is 53.6 Å². The molecule has 0 spiro atoms. The van der Waals surface area contributed by atoms with E-state index in [2.05, 4.69) is 29.6 Å². The van der Waals surface area contributed by atoms with Gasteiger partial charge in [0.05, 0.1) is 17.6 Å². The summed E-state index contributed by atoms with van der Waals surface area (Å²) in [4.78, 5) is 14.0. The van der Waals surface area contributed by atoms with Crippen molar-refractivity contribution in [2.45, 2.75) is 36.0 Å². The number of aryl methyl sites for hydroxylation is 1. The molecule has 1 heterocycles. The summed E-state index contributed by atoms with van der Waals surface area (Å²) >= 11 is 1.65. The quantitative estimate of drug-likeness (QED) is 0.492. The van der Waals surface area contributed by atoms with Crippen LogP contribution in [0.15, 0.2) is 52.3 Å². The maximum absolute atomic E-state index is 13.0. The molecule has 1 aliphatic heterocycles. The van der Waals surface area contributed by atoms with Crippen LogP contribution in [0.4, 0.5) is 0 Å². The van der Waals surface area contributed by atoms with Gasteiger partial charge in [-0.2, -0.15) is 4.31 Å². The number of amides is 1. The van der Waals surface area contributed by atoms with E-state index >= 15 is 0 Å². The minimum Gasteiger partial charge on any atom is -0.496 e. The summed E-state index contributed by atoms with van der Waals surface area (Å²) < 4.78 is 32.7. The average Bonchev–Trinajstić information content (AvgIpc) is 2.78. The molecule has 1 fully saturated rings. The lowest BCUT2D eigenvalue weighted by Crippen LogP contribution is -2.35. The zero-order chi connectivity index (χ0) is 21.6. The Hall–Kier alpha value is -2.03. The van der Waals surface area contributed by atoms with Crippen molar-refractivity contribution < 1.29 is 17.9 Å². The highest BCUT2D eigenvalue weighted by Crippen LogP contribution is 2.26. The van der Waals surface area contributed by atoms with E-state index in [1.54, 1.807) is 17.8 Å². The number of carbonyl (C=O) groups excluding carboxylic acids is 1. The van der Waals surface area contributed by atoms with Crippen LogP contribution < -0.4 is 10.1 Å². The summed E-state index contributed by atoms with van der Waals surface area (Å²) in [6.45, 7) is 3.55. The summed E-state index contributed by atoms with van der Waals surface area (Å²) in [6, 6.07) is 12.7. The summed E-state index contributed by atoms with van der Waals surface area (Å²) in [5.74, 6) is 0.728. The zero-order valence-electron chi connectivity index (χ0n) is 17.4. The first-order chi connectivity index (χ1) is 14.4. The van der Waals surface area contributed by atoms with Gasteiger partial charge < -0.3 is 10.1 Å². The van der Waals surface area contributed by atoms with Crippen molar-refractivity contribution in [2.24, 2.45) is 0 Å². The molecule has 1 aliphatic rings. The molecule has 0 saturated carbocycles. The average molecular weight is 449 g/mol. The van der Waals surface area contributed by atoms with Crippen LogP contribution in [0, 0.1) is 6.92 Å². The van der Waals surface area contributed by atoms with E-state index in [0.29, 0.717) is 31.1 Å². The van der Waals surface area contributed by atoms with E-state index in [1.165, 1.54) is 29.1 Å². The van der Waals surface area contributed by atoms with Gasteiger partial charge in [0.2, 0.25) is 10.0 Å². The van der Waals surface area contributed by atoms with Gasteiger partial charge >= 0.3 is 0 Å². The second-order valence-electron chi connectivity index (χ2n) is 7.24. The van der Waals surface area contributed by atoms with Gasteiger partial charge in [-0.25, -0.2) is 8.42 Å². The Morgan fingerprint density at radius 2 is 1.80 bits per heavy atom. The monoisotopic (exact) mass is 448 g/mol. The molecule has 0 unspecified atom stereocenters. The number of thioether (sulfide) groups is 1. The van der Waals surface area contributed by atoms with E-state index < -0.39 is 10.0 Å². The fraction of sp³-hybridized carbons (Fsp3) is 0.409. The van der Waals surface area contributed by atoms with Crippen molar-refractivity contribution in [1.29, 1.82) is 0 Å². The Morgan fingerprint density at radius 3 is 2.47 bits per heavy atom. The van der Waals surface area contributed by atoms with Crippen LogP contribution in [0.1, 0.15) is 35.2 Å². The van der Waals surface area contributed by atoms with E-state index in [4.69, 9.17) is 4.74 Å². The standard InChI is InChI=1S/C22H28N2O4S2/c1-17-6-8-18(9-7-17)29-15-12-23-22(25)20-16-19(10-11-21(20)28-2)30(26,27)24-13-4-3-5-14-24/h6-11,16H,3-5,12-15H2,1-2H3,(H,23,25). The number of carbonyl (C=O) groups is 1. The number of rotatable bonds is 8. The smallest absolute Gasteiger partial charge is 0.255 e. The third-order valence-corrected chi connectivity index (χ3v) is 7.95. The SMILES string of the molecule is COc1ccc(S(=O)(=O)N2CCCCC2)cc1C(=O)NCCSc1ccc(C)cc1. The highest BCUT2D eigenvalue weighted by molar-refractivity contribution is 7.99. The molecule has 162 valence electrons. The van der Waals surface area contributed by atoms with Gasteiger partial charge in [0, 0.05) is 30.3 Å². The third-order valence-electron chi connectivity index (χ3n) is 5.05. The summed E-state index contributed by atoms with van der Waals surface area (Å²) in [6.07, 6.45) is 2.77. The number of methoxy groups -OCH3 is 1. The number of hydrogen-bond donors (Lipinski definition) is 1. The van der Waals surface area contributed by atoms with Gasteiger partial charge in [0.1, 0.15) is 5.75 Å². The van der Waals surface area contributed by atoms with Crippen molar-refractivity contribution in [2.75, 3.05) is 32.5 Å². The number of nitrogens with one attached hydrogen (secondary N) is 1. The first-order valence-corrected chi connectivity index (χ1v) is 12.5. The normalized spacial score (nSPS) is 15.0. The largest absolute Gasteiger partial charge is 0.496 e. The molecule has 1 N–H and O–H groups in total. The lowest BCUT2D eigenvalue weighted by molar-refractivity contribution is 0.0953. The molecule has 8 heteroatoms. The van der Waals surface area contributed by atoms with Gasteiger partial charge in [-0.1, -0.05) is 24.1 Å². The number of ether oxygens (including phenoxy) is 1. The molecular formula is C22H28N2O4S2. The van der Waals surface area contributed by atoms with Crippen molar-refractivity contribution in [3.8, 4) is 5.75 Å². The number of nitrogens with zero attached hydrogens (tertiary/aromatic N) is 1. The maximum Gasteiger partial charge on any atom is 0.255 e. The topological polar surface area (TPSA) is 75.7 Å². The van der Waals surface area contributed by atoms with E-state index in [9.17, 15) is 13.2 Å². The molecule has 0 bridgehead atoms. The van der Waals surface area contributed by atoms with Crippen molar-refractivity contribution >= 4 is 27.7 Å². The Labute approximate surface area is 183 Å². The van der Waals surface area contributed by atoms with Crippen LogP contribution in [0.5, 0.6) is 5.75 Å².